The standard InChI is InChI=1S/C13H17NO3S/c1-3-4-10-18-13-7-5-6-12(17-2)11(13)8-9-14(15)16/h5-9H,3-4,10H2,1-2H3/b9-8+. The number of nitrogens with zero attached hydrogens (tertiary/aromatic N) is 1. The van der Waals surface area contributed by atoms with Crippen LogP contribution in [-0.4, -0.2) is 17.8 Å². The van der Waals surface area contributed by atoms with Gasteiger partial charge >= 0.3 is 0 Å². The van der Waals surface area contributed by atoms with Crippen molar-refractivity contribution in [3.05, 3.63) is 40.1 Å². The van der Waals surface area contributed by atoms with Gasteiger partial charge in [-0.05, 0) is 24.3 Å². The summed E-state index contributed by atoms with van der Waals surface area (Å²) in [6.45, 7) is 2.14. The summed E-state index contributed by atoms with van der Waals surface area (Å²) in [5, 5.41) is 10.4. The highest BCUT2D eigenvalue weighted by molar-refractivity contribution is 7.99. The second kappa shape index (κ2) is 7.76. The Kier molecular flexibility index (Phi) is 6.28. The lowest BCUT2D eigenvalue weighted by Gasteiger charge is -2.09. The predicted molar refractivity (Wildman–Crippen MR) is 74.7 cm³/mol. The van der Waals surface area contributed by atoms with Gasteiger partial charge in [0.1, 0.15) is 5.75 Å². The lowest BCUT2D eigenvalue weighted by Crippen LogP contribution is -1.91. The van der Waals surface area contributed by atoms with Crippen LogP contribution in [0.25, 0.3) is 6.08 Å². The summed E-state index contributed by atoms with van der Waals surface area (Å²) in [4.78, 5) is 11.0. The zero-order valence-corrected chi connectivity index (χ0v) is 11.4. The molecule has 0 N–H and O–H groups in total. The fourth-order valence-electron chi connectivity index (χ4n) is 1.45. The van der Waals surface area contributed by atoms with E-state index in [0.29, 0.717) is 5.75 Å². The van der Waals surface area contributed by atoms with Crippen LogP contribution in [0.3, 0.4) is 0 Å². The van der Waals surface area contributed by atoms with Gasteiger partial charge in [0.15, 0.2) is 0 Å². The van der Waals surface area contributed by atoms with Crippen molar-refractivity contribution in [3.63, 3.8) is 0 Å². The highest BCUT2D eigenvalue weighted by Crippen LogP contribution is 2.31. The van der Waals surface area contributed by atoms with Gasteiger partial charge in [-0.25, -0.2) is 0 Å². The molecule has 0 aliphatic rings. The van der Waals surface area contributed by atoms with Gasteiger partial charge in [-0.2, -0.15) is 0 Å². The van der Waals surface area contributed by atoms with Crippen LogP contribution in [0.15, 0.2) is 29.3 Å². The minimum absolute atomic E-state index is 0.465. The van der Waals surface area contributed by atoms with Gasteiger partial charge in [-0.3, -0.25) is 10.1 Å². The van der Waals surface area contributed by atoms with Crippen LogP contribution < -0.4 is 4.74 Å². The fourth-order valence-corrected chi connectivity index (χ4v) is 2.61. The molecule has 18 heavy (non-hydrogen) atoms. The molecule has 0 bridgehead atoms. The molecule has 1 aromatic rings. The second-order valence-electron chi connectivity index (χ2n) is 3.68. The van der Waals surface area contributed by atoms with Crippen molar-refractivity contribution < 1.29 is 9.66 Å². The molecule has 0 saturated carbocycles. The topological polar surface area (TPSA) is 52.4 Å². The van der Waals surface area contributed by atoms with Gasteiger partial charge in [-0.15, -0.1) is 11.8 Å². The number of unbranched alkanes of at least 4 members (excludes halogenated alkanes) is 1. The molecule has 0 spiro atoms. The molecule has 0 heterocycles. The summed E-state index contributed by atoms with van der Waals surface area (Å²) in [7, 11) is 1.57. The molecule has 4 nitrogen and oxygen atoms in total. The van der Waals surface area contributed by atoms with Gasteiger partial charge in [0.05, 0.1) is 12.0 Å². The lowest BCUT2D eigenvalue weighted by atomic mass is 10.2. The third-order valence-electron chi connectivity index (χ3n) is 2.36. The second-order valence-corrected chi connectivity index (χ2v) is 4.81. The van der Waals surface area contributed by atoms with Crippen LogP contribution in [0, 0.1) is 10.1 Å². The zero-order chi connectivity index (χ0) is 13.4. The van der Waals surface area contributed by atoms with Gasteiger partial charge in [0.25, 0.3) is 0 Å². The first kappa shape index (κ1) is 14.6. The Balaban J connectivity index is 2.96. The Labute approximate surface area is 111 Å². The average molecular weight is 267 g/mol. The number of thioether (sulfide) groups is 1. The molecule has 1 rings (SSSR count). The molecule has 0 radical (unpaired) electrons. The van der Waals surface area contributed by atoms with Crippen molar-refractivity contribution in [1.82, 2.24) is 0 Å². The number of methoxy groups -OCH3 is 1. The molecular formula is C13H17NO3S. The van der Waals surface area contributed by atoms with E-state index in [-0.39, 0.29) is 0 Å². The van der Waals surface area contributed by atoms with Crippen LogP contribution in [0.4, 0.5) is 0 Å². The van der Waals surface area contributed by atoms with Crippen molar-refractivity contribution >= 4 is 17.8 Å². The summed E-state index contributed by atoms with van der Waals surface area (Å²) in [5.41, 5.74) is 0.776. The SMILES string of the molecule is CCCCSc1cccc(OC)c1/C=C/[N+](=O)[O-]. The normalized spacial score (nSPS) is 10.8. The van der Waals surface area contributed by atoms with E-state index >= 15 is 0 Å². The van der Waals surface area contributed by atoms with Crippen molar-refractivity contribution in [2.75, 3.05) is 12.9 Å². The van der Waals surface area contributed by atoms with Crippen LogP contribution in [0.1, 0.15) is 25.3 Å². The monoisotopic (exact) mass is 267 g/mol. The molecule has 5 heteroatoms. The maximum Gasteiger partial charge on any atom is 0.235 e. The minimum Gasteiger partial charge on any atom is -0.496 e. The van der Waals surface area contributed by atoms with E-state index in [1.807, 2.05) is 18.2 Å². The summed E-state index contributed by atoms with van der Waals surface area (Å²) in [5.74, 6) is 1.66. The smallest absolute Gasteiger partial charge is 0.235 e. The van der Waals surface area contributed by atoms with Crippen molar-refractivity contribution in [3.8, 4) is 5.75 Å². The molecule has 98 valence electrons. The molecule has 0 aliphatic heterocycles. The molecule has 0 unspecified atom stereocenters. The Morgan fingerprint density at radius 3 is 2.89 bits per heavy atom. The number of hydrogen-bond acceptors (Lipinski definition) is 4. The Morgan fingerprint density at radius 1 is 1.50 bits per heavy atom. The highest BCUT2D eigenvalue weighted by Gasteiger charge is 2.07. The van der Waals surface area contributed by atoms with Crippen molar-refractivity contribution in [2.24, 2.45) is 0 Å². The molecule has 0 aliphatic carbocycles. The average Bonchev–Trinajstić information content (AvgIpc) is 2.37. The molecule has 1 aromatic carbocycles. The van der Waals surface area contributed by atoms with E-state index < -0.39 is 4.92 Å². The summed E-state index contributed by atoms with van der Waals surface area (Å²) in [6.07, 6.45) is 4.70. The Morgan fingerprint density at radius 2 is 2.28 bits per heavy atom. The number of hydrogen-bond donors (Lipinski definition) is 0. The number of rotatable bonds is 7. The Hall–Kier alpha value is -1.49. The first-order valence-corrected chi connectivity index (χ1v) is 6.79. The van der Waals surface area contributed by atoms with E-state index in [1.165, 1.54) is 6.08 Å². The summed E-state index contributed by atoms with van der Waals surface area (Å²) in [6, 6.07) is 5.67. The van der Waals surface area contributed by atoms with Gasteiger partial charge in [-0.1, -0.05) is 19.4 Å². The largest absolute Gasteiger partial charge is 0.496 e. The maximum absolute atomic E-state index is 10.4. The summed E-state index contributed by atoms with van der Waals surface area (Å²) < 4.78 is 5.24. The van der Waals surface area contributed by atoms with Crippen LogP contribution in [-0.2, 0) is 0 Å². The first-order chi connectivity index (χ1) is 8.69. The number of nitro groups is 1. The van der Waals surface area contributed by atoms with Crippen LogP contribution in [0.2, 0.25) is 0 Å². The Bertz CT molecular complexity index is 432. The lowest BCUT2D eigenvalue weighted by molar-refractivity contribution is -0.401. The van der Waals surface area contributed by atoms with Crippen LogP contribution in [0.5, 0.6) is 5.75 Å². The molecule has 0 fully saturated rings. The third kappa shape index (κ3) is 4.41. The molecule has 0 atom stereocenters. The summed E-state index contributed by atoms with van der Waals surface area (Å²) >= 11 is 1.70. The van der Waals surface area contributed by atoms with Gasteiger partial charge < -0.3 is 4.74 Å². The van der Waals surface area contributed by atoms with Crippen molar-refractivity contribution in [1.29, 1.82) is 0 Å². The minimum atomic E-state index is -0.465. The van der Waals surface area contributed by atoms with Gasteiger partial charge in [0.2, 0.25) is 6.20 Å². The third-order valence-corrected chi connectivity index (χ3v) is 3.52. The molecule has 0 amide bonds. The highest BCUT2D eigenvalue weighted by atomic mass is 32.2. The van der Waals surface area contributed by atoms with Crippen LogP contribution >= 0.6 is 11.8 Å². The van der Waals surface area contributed by atoms with Crippen molar-refractivity contribution in [2.45, 2.75) is 24.7 Å². The molecule has 0 saturated heterocycles. The molecule has 0 aromatic heterocycles. The van der Waals surface area contributed by atoms with E-state index in [2.05, 4.69) is 6.92 Å². The quantitative estimate of drug-likeness (QED) is 0.326. The first-order valence-electron chi connectivity index (χ1n) is 5.80. The molecular weight excluding hydrogens is 250 g/mol. The zero-order valence-electron chi connectivity index (χ0n) is 10.6. The predicted octanol–water partition coefficient (Wildman–Crippen LogP) is 3.83. The van der Waals surface area contributed by atoms with E-state index in [1.54, 1.807) is 18.9 Å². The van der Waals surface area contributed by atoms with E-state index in [9.17, 15) is 10.1 Å². The fraction of sp³-hybridized carbons (Fsp3) is 0.385. The number of benzene rings is 1. The van der Waals surface area contributed by atoms with E-state index in [0.717, 1.165) is 35.3 Å². The number of ether oxygens (including phenoxy) is 1. The van der Waals surface area contributed by atoms with Gasteiger partial charge in [0, 0.05) is 16.5 Å². The maximum atomic E-state index is 10.4. The van der Waals surface area contributed by atoms with E-state index in [4.69, 9.17) is 4.74 Å².